The molecule has 1 saturated heterocycles. The molecule has 1 aliphatic rings. The lowest BCUT2D eigenvalue weighted by Crippen LogP contribution is -2.46. The quantitative estimate of drug-likeness (QED) is 0.612. The van der Waals surface area contributed by atoms with Crippen molar-refractivity contribution in [2.24, 2.45) is 0 Å². The van der Waals surface area contributed by atoms with Gasteiger partial charge in [0.05, 0.1) is 11.7 Å². The zero-order valence-corrected chi connectivity index (χ0v) is 18.6. The number of hydrogen-bond acceptors (Lipinski definition) is 5. The van der Waals surface area contributed by atoms with E-state index in [4.69, 9.17) is 16.3 Å². The number of carbonyl (C=O) groups excluding carboxylic acids is 1. The summed E-state index contributed by atoms with van der Waals surface area (Å²) in [5.74, 6) is 0.201. The van der Waals surface area contributed by atoms with Crippen LogP contribution >= 0.6 is 11.6 Å². The molecule has 1 fully saturated rings. The van der Waals surface area contributed by atoms with Crippen LogP contribution in [0.4, 0.5) is 5.69 Å². The van der Waals surface area contributed by atoms with Crippen LogP contribution < -0.4 is 15.0 Å². The van der Waals surface area contributed by atoms with E-state index in [1.165, 1.54) is 11.9 Å². The molecule has 1 aromatic carbocycles. The Balaban J connectivity index is 1.32. The number of benzene rings is 1. The fourth-order valence-electron chi connectivity index (χ4n) is 3.49. The SMILES string of the molecule is CC(C)Oc1ncc(C(=O)NCCCCN2CCN(c3ccccc3)CC2)cc1Cl. The lowest BCUT2D eigenvalue weighted by molar-refractivity contribution is 0.0952. The number of unbranched alkanes of at least 4 members (excludes halogenated alkanes) is 1. The maximum Gasteiger partial charge on any atom is 0.252 e. The van der Waals surface area contributed by atoms with E-state index >= 15 is 0 Å². The molecule has 1 aliphatic heterocycles. The molecular formula is C23H31ClN4O2. The number of nitrogens with one attached hydrogen (secondary N) is 1. The molecule has 3 rings (SSSR count). The molecule has 2 heterocycles. The zero-order chi connectivity index (χ0) is 21.3. The molecule has 0 radical (unpaired) electrons. The van der Waals surface area contributed by atoms with E-state index in [2.05, 4.69) is 50.4 Å². The summed E-state index contributed by atoms with van der Waals surface area (Å²) in [6.45, 7) is 9.80. The van der Waals surface area contributed by atoms with Crippen LogP contribution in [0.25, 0.3) is 0 Å². The highest BCUT2D eigenvalue weighted by molar-refractivity contribution is 6.32. The summed E-state index contributed by atoms with van der Waals surface area (Å²) in [6, 6.07) is 12.2. The number of anilines is 1. The number of nitrogens with zero attached hydrogens (tertiary/aromatic N) is 3. The van der Waals surface area contributed by atoms with Crippen molar-refractivity contribution in [3.63, 3.8) is 0 Å². The molecular weight excluding hydrogens is 400 g/mol. The Morgan fingerprint density at radius 2 is 1.90 bits per heavy atom. The summed E-state index contributed by atoms with van der Waals surface area (Å²) in [4.78, 5) is 21.4. The number of carbonyl (C=O) groups is 1. The molecule has 30 heavy (non-hydrogen) atoms. The van der Waals surface area contributed by atoms with Crippen molar-refractivity contribution < 1.29 is 9.53 Å². The molecule has 7 heteroatoms. The minimum Gasteiger partial charge on any atom is -0.474 e. The van der Waals surface area contributed by atoms with Gasteiger partial charge in [-0.3, -0.25) is 9.69 Å². The topological polar surface area (TPSA) is 57.7 Å². The van der Waals surface area contributed by atoms with E-state index in [0.29, 0.717) is 23.0 Å². The normalized spacial score (nSPS) is 14.7. The van der Waals surface area contributed by atoms with Gasteiger partial charge in [-0.1, -0.05) is 29.8 Å². The maximum absolute atomic E-state index is 12.3. The van der Waals surface area contributed by atoms with Crippen molar-refractivity contribution >= 4 is 23.2 Å². The molecule has 0 aliphatic carbocycles. The Morgan fingerprint density at radius 3 is 2.57 bits per heavy atom. The third kappa shape index (κ3) is 6.61. The third-order valence-electron chi connectivity index (χ3n) is 5.10. The number of ether oxygens (including phenoxy) is 1. The lowest BCUT2D eigenvalue weighted by Gasteiger charge is -2.36. The van der Waals surface area contributed by atoms with Gasteiger partial charge in [-0.25, -0.2) is 4.98 Å². The molecule has 2 aromatic rings. The molecule has 1 N–H and O–H groups in total. The van der Waals surface area contributed by atoms with Gasteiger partial charge in [0.15, 0.2) is 0 Å². The number of pyridine rings is 1. The van der Waals surface area contributed by atoms with Gasteiger partial charge in [-0.2, -0.15) is 0 Å². The summed E-state index contributed by atoms with van der Waals surface area (Å²) in [6.07, 6.45) is 3.49. The van der Waals surface area contributed by atoms with Gasteiger partial charge in [-0.15, -0.1) is 0 Å². The van der Waals surface area contributed by atoms with Crippen LogP contribution in [-0.4, -0.2) is 61.2 Å². The van der Waals surface area contributed by atoms with E-state index in [1.54, 1.807) is 6.07 Å². The Bertz CT molecular complexity index is 808. The summed E-state index contributed by atoms with van der Waals surface area (Å²) in [7, 11) is 0. The first-order chi connectivity index (χ1) is 14.5. The van der Waals surface area contributed by atoms with Gasteiger partial charge >= 0.3 is 0 Å². The molecule has 6 nitrogen and oxygen atoms in total. The second-order valence-electron chi connectivity index (χ2n) is 7.80. The van der Waals surface area contributed by atoms with Crippen LogP contribution in [-0.2, 0) is 0 Å². The second kappa shape index (κ2) is 11.2. The minimum atomic E-state index is -0.156. The molecule has 1 aromatic heterocycles. The number of aromatic nitrogens is 1. The predicted octanol–water partition coefficient (Wildman–Crippen LogP) is 3.85. The number of piperazine rings is 1. The molecule has 0 atom stereocenters. The minimum absolute atomic E-state index is 0.0176. The second-order valence-corrected chi connectivity index (χ2v) is 8.21. The Kier molecular flexibility index (Phi) is 8.34. The molecule has 0 bridgehead atoms. The number of amides is 1. The van der Waals surface area contributed by atoms with E-state index in [9.17, 15) is 4.79 Å². The lowest BCUT2D eigenvalue weighted by atomic mass is 10.2. The Hall–Kier alpha value is -2.31. The fraction of sp³-hybridized carbons (Fsp3) is 0.478. The number of halogens is 1. The molecule has 0 unspecified atom stereocenters. The van der Waals surface area contributed by atoms with Gasteiger partial charge in [0.1, 0.15) is 5.02 Å². The molecule has 0 spiro atoms. The molecule has 1 amide bonds. The number of hydrogen-bond donors (Lipinski definition) is 1. The largest absolute Gasteiger partial charge is 0.474 e. The van der Waals surface area contributed by atoms with E-state index in [1.807, 2.05) is 13.8 Å². The van der Waals surface area contributed by atoms with Crippen LogP contribution in [0.2, 0.25) is 5.02 Å². The van der Waals surface area contributed by atoms with Crippen molar-refractivity contribution in [2.75, 3.05) is 44.2 Å². The average molecular weight is 431 g/mol. The highest BCUT2D eigenvalue weighted by Crippen LogP contribution is 2.23. The van der Waals surface area contributed by atoms with Crippen molar-refractivity contribution in [1.82, 2.24) is 15.2 Å². The highest BCUT2D eigenvalue weighted by atomic mass is 35.5. The van der Waals surface area contributed by atoms with Crippen LogP contribution in [0.3, 0.4) is 0 Å². The van der Waals surface area contributed by atoms with Gasteiger partial charge in [0.25, 0.3) is 5.91 Å². The maximum atomic E-state index is 12.3. The van der Waals surface area contributed by atoms with Crippen molar-refractivity contribution in [3.05, 3.63) is 53.2 Å². The highest BCUT2D eigenvalue weighted by Gasteiger charge is 2.16. The average Bonchev–Trinajstić information content (AvgIpc) is 2.75. The Morgan fingerprint density at radius 1 is 1.17 bits per heavy atom. The predicted molar refractivity (Wildman–Crippen MR) is 122 cm³/mol. The van der Waals surface area contributed by atoms with Gasteiger partial charge < -0.3 is 15.0 Å². The smallest absolute Gasteiger partial charge is 0.252 e. The molecule has 0 saturated carbocycles. The zero-order valence-electron chi connectivity index (χ0n) is 17.8. The van der Waals surface area contributed by atoms with E-state index in [0.717, 1.165) is 45.6 Å². The van der Waals surface area contributed by atoms with Gasteiger partial charge in [0.2, 0.25) is 5.88 Å². The summed E-state index contributed by atoms with van der Waals surface area (Å²) in [5, 5.41) is 3.30. The molecule has 162 valence electrons. The first kappa shape index (κ1) is 22.4. The first-order valence-electron chi connectivity index (χ1n) is 10.7. The van der Waals surface area contributed by atoms with Crippen molar-refractivity contribution in [3.8, 4) is 5.88 Å². The monoisotopic (exact) mass is 430 g/mol. The number of para-hydroxylation sites is 1. The number of rotatable bonds is 9. The van der Waals surface area contributed by atoms with Crippen LogP contribution in [0, 0.1) is 0 Å². The summed E-state index contributed by atoms with van der Waals surface area (Å²) >= 11 is 6.16. The van der Waals surface area contributed by atoms with E-state index in [-0.39, 0.29) is 12.0 Å². The van der Waals surface area contributed by atoms with Gasteiger partial charge in [0, 0.05) is 44.6 Å². The van der Waals surface area contributed by atoms with Crippen LogP contribution in [0.5, 0.6) is 5.88 Å². The fourth-order valence-corrected chi connectivity index (χ4v) is 3.70. The summed E-state index contributed by atoms with van der Waals surface area (Å²) in [5.41, 5.74) is 1.76. The van der Waals surface area contributed by atoms with Crippen molar-refractivity contribution in [1.29, 1.82) is 0 Å². The van der Waals surface area contributed by atoms with Crippen LogP contribution in [0.15, 0.2) is 42.6 Å². The van der Waals surface area contributed by atoms with E-state index < -0.39 is 0 Å². The first-order valence-corrected chi connectivity index (χ1v) is 11.0. The summed E-state index contributed by atoms with van der Waals surface area (Å²) < 4.78 is 5.50. The standard InChI is InChI=1S/C23H31ClN4O2/c1-18(2)30-23-21(24)16-19(17-26-23)22(29)25-10-6-7-11-27-12-14-28(15-13-27)20-8-4-3-5-9-20/h3-5,8-9,16-18H,6-7,10-15H2,1-2H3,(H,25,29). The Labute approximate surface area is 184 Å². The third-order valence-corrected chi connectivity index (χ3v) is 5.37. The van der Waals surface area contributed by atoms with Crippen LogP contribution in [0.1, 0.15) is 37.0 Å². The van der Waals surface area contributed by atoms with Crippen molar-refractivity contribution in [2.45, 2.75) is 32.8 Å². The van der Waals surface area contributed by atoms with Gasteiger partial charge in [-0.05, 0) is 51.4 Å².